The second kappa shape index (κ2) is 5.41. The predicted molar refractivity (Wildman–Crippen MR) is 61.1 cm³/mol. The molecule has 0 saturated carbocycles. The fraction of sp³-hybridized carbons (Fsp3) is 0.545. The lowest BCUT2D eigenvalue weighted by atomic mass is 10.1. The summed E-state index contributed by atoms with van der Waals surface area (Å²) in [5.41, 5.74) is 8.23. The molecule has 1 saturated heterocycles. The van der Waals surface area contributed by atoms with Crippen molar-refractivity contribution < 1.29 is 9.21 Å². The van der Waals surface area contributed by atoms with Gasteiger partial charge in [-0.2, -0.15) is 0 Å². The Morgan fingerprint density at radius 3 is 3.24 bits per heavy atom. The Labute approximate surface area is 98.8 Å². The highest BCUT2D eigenvalue weighted by atomic mass is 16.3. The summed E-state index contributed by atoms with van der Waals surface area (Å²) in [7, 11) is 0. The number of nitrogens with zero attached hydrogens (tertiary/aromatic N) is 4. The van der Waals surface area contributed by atoms with Crippen LogP contribution in [0.15, 0.2) is 27.9 Å². The molecule has 0 radical (unpaired) electrons. The molecule has 17 heavy (non-hydrogen) atoms. The minimum Gasteiger partial charge on any atom is -0.469 e. The van der Waals surface area contributed by atoms with Crippen LogP contribution in [-0.4, -0.2) is 30.4 Å². The van der Waals surface area contributed by atoms with Gasteiger partial charge in [0.1, 0.15) is 5.76 Å². The van der Waals surface area contributed by atoms with Gasteiger partial charge in [0.2, 0.25) is 5.91 Å². The van der Waals surface area contributed by atoms with E-state index in [2.05, 4.69) is 10.0 Å². The van der Waals surface area contributed by atoms with Crippen molar-refractivity contribution in [3.05, 3.63) is 34.6 Å². The first-order valence-corrected chi connectivity index (χ1v) is 5.60. The Balaban J connectivity index is 1.81. The zero-order chi connectivity index (χ0) is 12.1. The highest BCUT2D eigenvalue weighted by Gasteiger charge is 2.28. The van der Waals surface area contributed by atoms with Crippen LogP contribution in [0.3, 0.4) is 0 Å². The van der Waals surface area contributed by atoms with E-state index in [1.807, 2.05) is 12.1 Å². The summed E-state index contributed by atoms with van der Waals surface area (Å²) in [6.45, 7) is 1.75. The maximum Gasteiger partial charge on any atom is 0.222 e. The molecule has 1 aromatic heterocycles. The number of carbonyl (C=O) groups is 1. The smallest absolute Gasteiger partial charge is 0.222 e. The zero-order valence-corrected chi connectivity index (χ0v) is 9.45. The standard InChI is InChI=1S/C11H14N4O2/c12-14-13-7-9-6-11(16)15(8-9)4-3-10-2-1-5-17-10/h1-2,5,9H,3-4,6-8H2. The highest BCUT2D eigenvalue weighted by molar-refractivity contribution is 5.78. The molecule has 6 heteroatoms. The molecule has 0 aliphatic carbocycles. The second-order valence-electron chi connectivity index (χ2n) is 4.15. The van der Waals surface area contributed by atoms with Gasteiger partial charge in [-0.1, -0.05) is 5.11 Å². The average molecular weight is 234 g/mol. The monoisotopic (exact) mass is 234 g/mol. The predicted octanol–water partition coefficient (Wildman–Crippen LogP) is 1.98. The van der Waals surface area contributed by atoms with Crippen LogP contribution >= 0.6 is 0 Å². The topological polar surface area (TPSA) is 82.2 Å². The first kappa shape index (κ1) is 11.5. The molecule has 1 aliphatic rings. The van der Waals surface area contributed by atoms with Crippen LogP contribution in [-0.2, 0) is 11.2 Å². The molecule has 6 nitrogen and oxygen atoms in total. The number of furan rings is 1. The molecule has 0 N–H and O–H groups in total. The summed E-state index contributed by atoms with van der Waals surface area (Å²) in [6.07, 6.45) is 2.84. The first-order chi connectivity index (χ1) is 8.29. The summed E-state index contributed by atoms with van der Waals surface area (Å²) in [5, 5.41) is 3.52. The van der Waals surface area contributed by atoms with Crippen molar-refractivity contribution in [2.24, 2.45) is 11.0 Å². The van der Waals surface area contributed by atoms with Gasteiger partial charge in [0.15, 0.2) is 0 Å². The SMILES string of the molecule is [N-]=[N+]=NCC1CC(=O)N(CCc2ccco2)C1. The molecular formula is C11H14N4O2. The normalized spacial score (nSPS) is 19.4. The van der Waals surface area contributed by atoms with Crippen molar-refractivity contribution in [3.8, 4) is 0 Å². The summed E-state index contributed by atoms with van der Waals surface area (Å²) in [5.74, 6) is 1.18. The van der Waals surface area contributed by atoms with Crippen LogP contribution in [0, 0.1) is 5.92 Å². The van der Waals surface area contributed by atoms with Crippen LogP contribution < -0.4 is 0 Å². The molecule has 1 amide bonds. The summed E-state index contributed by atoms with van der Waals surface area (Å²) in [6, 6.07) is 3.74. The van der Waals surface area contributed by atoms with Gasteiger partial charge in [0.05, 0.1) is 6.26 Å². The maximum atomic E-state index is 11.7. The molecule has 0 aromatic carbocycles. The first-order valence-electron chi connectivity index (χ1n) is 5.60. The van der Waals surface area contributed by atoms with Gasteiger partial charge in [-0.15, -0.1) is 0 Å². The molecule has 90 valence electrons. The third kappa shape index (κ3) is 3.01. The number of azide groups is 1. The minimum absolute atomic E-state index is 0.134. The second-order valence-corrected chi connectivity index (χ2v) is 4.15. The van der Waals surface area contributed by atoms with E-state index in [9.17, 15) is 4.79 Å². The fourth-order valence-corrected chi connectivity index (χ4v) is 2.04. The van der Waals surface area contributed by atoms with Crippen molar-refractivity contribution in [3.63, 3.8) is 0 Å². The van der Waals surface area contributed by atoms with E-state index in [0.717, 1.165) is 12.2 Å². The lowest BCUT2D eigenvalue weighted by Crippen LogP contribution is -2.27. The van der Waals surface area contributed by atoms with Crippen molar-refractivity contribution in [2.45, 2.75) is 12.8 Å². The molecule has 1 unspecified atom stereocenters. The number of likely N-dealkylation sites (tertiary alicyclic amines) is 1. The number of hydrogen-bond donors (Lipinski definition) is 0. The number of carbonyl (C=O) groups excluding carboxylic acids is 1. The van der Waals surface area contributed by atoms with Crippen LogP contribution in [0.5, 0.6) is 0 Å². The van der Waals surface area contributed by atoms with Crippen molar-refractivity contribution in [1.82, 2.24) is 4.90 Å². The van der Waals surface area contributed by atoms with E-state index >= 15 is 0 Å². The van der Waals surface area contributed by atoms with Gasteiger partial charge >= 0.3 is 0 Å². The highest BCUT2D eigenvalue weighted by Crippen LogP contribution is 2.18. The van der Waals surface area contributed by atoms with Crippen LogP contribution in [0.2, 0.25) is 0 Å². The van der Waals surface area contributed by atoms with Gasteiger partial charge in [-0.25, -0.2) is 0 Å². The molecule has 1 aliphatic heterocycles. The van der Waals surface area contributed by atoms with Crippen molar-refractivity contribution in [1.29, 1.82) is 0 Å². The largest absolute Gasteiger partial charge is 0.469 e. The van der Waals surface area contributed by atoms with Crippen molar-refractivity contribution in [2.75, 3.05) is 19.6 Å². The average Bonchev–Trinajstić information content (AvgIpc) is 2.93. The molecule has 0 bridgehead atoms. The minimum atomic E-state index is 0.134. The van der Waals surface area contributed by atoms with Crippen LogP contribution in [0.1, 0.15) is 12.2 Å². The fourth-order valence-electron chi connectivity index (χ4n) is 2.04. The number of rotatable bonds is 5. The maximum absolute atomic E-state index is 11.7. The molecule has 2 heterocycles. The Kier molecular flexibility index (Phi) is 3.67. The van der Waals surface area contributed by atoms with E-state index in [1.165, 1.54) is 0 Å². The molecule has 1 fully saturated rings. The third-order valence-electron chi connectivity index (χ3n) is 2.91. The van der Waals surface area contributed by atoms with Gasteiger partial charge < -0.3 is 9.32 Å². The lowest BCUT2D eigenvalue weighted by molar-refractivity contribution is -0.127. The Bertz CT molecular complexity index is 423. The molecule has 2 rings (SSSR count). The van der Waals surface area contributed by atoms with E-state index in [-0.39, 0.29) is 11.8 Å². The number of hydrogen-bond acceptors (Lipinski definition) is 3. The zero-order valence-electron chi connectivity index (χ0n) is 9.45. The van der Waals surface area contributed by atoms with Gasteiger partial charge in [0, 0.05) is 37.4 Å². The van der Waals surface area contributed by atoms with Crippen LogP contribution in [0.25, 0.3) is 10.4 Å². The van der Waals surface area contributed by atoms with Gasteiger partial charge in [-0.05, 0) is 23.6 Å². The van der Waals surface area contributed by atoms with Gasteiger partial charge in [0.25, 0.3) is 0 Å². The lowest BCUT2D eigenvalue weighted by Gasteiger charge is -2.15. The molecule has 1 atom stereocenters. The Morgan fingerprint density at radius 2 is 2.53 bits per heavy atom. The van der Waals surface area contributed by atoms with E-state index in [4.69, 9.17) is 9.95 Å². The Morgan fingerprint density at radius 1 is 1.65 bits per heavy atom. The van der Waals surface area contributed by atoms with Crippen molar-refractivity contribution >= 4 is 5.91 Å². The van der Waals surface area contributed by atoms with E-state index in [1.54, 1.807) is 11.2 Å². The quantitative estimate of drug-likeness (QED) is 0.443. The van der Waals surface area contributed by atoms with Gasteiger partial charge in [-0.3, -0.25) is 4.79 Å². The molecule has 1 aromatic rings. The summed E-state index contributed by atoms with van der Waals surface area (Å²) < 4.78 is 5.22. The summed E-state index contributed by atoms with van der Waals surface area (Å²) in [4.78, 5) is 16.2. The molecular weight excluding hydrogens is 220 g/mol. The molecule has 0 spiro atoms. The van der Waals surface area contributed by atoms with E-state index < -0.39 is 0 Å². The summed E-state index contributed by atoms with van der Waals surface area (Å²) >= 11 is 0. The third-order valence-corrected chi connectivity index (χ3v) is 2.91. The number of amides is 1. The Hall–Kier alpha value is -1.94. The van der Waals surface area contributed by atoms with Crippen LogP contribution in [0.4, 0.5) is 0 Å². The van der Waals surface area contributed by atoms with E-state index in [0.29, 0.717) is 26.1 Å².